The van der Waals surface area contributed by atoms with Gasteiger partial charge in [0.25, 0.3) is 5.91 Å². The molecule has 0 saturated carbocycles. The first-order valence-electron chi connectivity index (χ1n) is 6.59. The molecule has 1 aromatic rings. The topological polar surface area (TPSA) is 41.6 Å². The number of nitrogens with zero attached hydrogens (tertiary/aromatic N) is 1. The minimum atomic E-state index is -1.02. The minimum absolute atomic E-state index is 0.0963. The fourth-order valence-electron chi connectivity index (χ4n) is 2.13. The maximum Gasteiger partial charge on any atom is 0.251 e. The quantitative estimate of drug-likeness (QED) is 0.909. The van der Waals surface area contributed by atoms with E-state index in [-0.39, 0.29) is 11.7 Å². The highest BCUT2D eigenvalue weighted by Gasteiger charge is 2.17. The highest BCUT2D eigenvalue weighted by molar-refractivity contribution is 5.94. The average molecular weight is 284 g/mol. The van der Waals surface area contributed by atoms with Gasteiger partial charge in [-0.15, -0.1) is 0 Å². The van der Waals surface area contributed by atoms with Crippen LogP contribution in [0.5, 0.6) is 0 Å². The van der Waals surface area contributed by atoms with E-state index in [1.54, 1.807) is 0 Å². The second-order valence-corrected chi connectivity index (χ2v) is 4.93. The number of hydrogen-bond donors (Lipinski definition) is 1. The Balaban J connectivity index is 1.78. The summed E-state index contributed by atoms with van der Waals surface area (Å²) in [5.74, 6) is -2.39. The van der Waals surface area contributed by atoms with Gasteiger partial charge in [-0.3, -0.25) is 4.79 Å². The van der Waals surface area contributed by atoms with E-state index in [4.69, 9.17) is 4.74 Å². The zero-order chi connectivity index (χ0) is 14.5. The Bertz CT molecular complexity index is 482. The van der Waals surface area contributed by atoms with Gasteiger partial charge in [-0.25, -0.2) is 8.78 Å². The van der Waals surface area contributed by atoms with Crippen molar-refractivity contribution in [3.05, 3.63) is 35.4 Å². The van der Waals surface area contributed by atoms with E-state index >= 15 is 0 Å². The molecular weight excluding hydrogens is 266 g/mol. The van der Waals surface area contributed by atoms with Gasteiger partial charge < -0.3 is 15.0 Å². The molecule has 6 heteroatoms. The Morgan fingerprint density at radius 3 is 2.95 bits per heavy atom. The van der Waals surface area contributed by atoms with Crippen LogP contribution in [0.2, 0.25) is 0 Å². The van der Waals surface area contributed by atoms with Gasteiger partial charge in [-0.1, -0.05) is 0 Å². The molecule has 1 N–H and O–H groups in total. The van der Waals surface area contributed by atoms with E-state index in [1.165, 1.54) is 6.07 Å². The summed E-state index contributed by atoms with van der Waals surface area (Å²) in [6.07, 6.45) is 0.791. The predicted molar refractivity (Wildman–Crippen MR) is 70.5 cm³/mol. The molecule has 1 aromatic carbocycles. The van der Waals surface area contributed by atoms with Crippen molar-refractivity contribution in [3.8, 4) is 0 Å². The molecular formula is C14H18F2N2O2. The largest absolute Gasteiger partial charge is 0.375 e. The summed E-state index contributed by atoms with van der Waals surface area (Å²) in [5, 5.41) is 2.68. The molecule has 2 rings (SSSR count). The van der Waals surface area contributed by atoms with Gasteiger partial charge in [-0.2, -0.15) is 0 Å². The smallest absolute Gasteiger partial charge is 0.251 e. The molecule has 1 heterocycles. The van der Waals surface area contributed by atoms with Gasteiger partial charge in [0, 0.05) is 25.2 Å². The van der Waals surface area contributed by atoms with Crippen LogP contribution in [-0.2, 0) is 4.74 Å². The number of likely N-dealkylation sites (N-methyl/N-ethyl adjacent to an activating group) is 1. The normalized spacial score (nSPS) is 19.9. The second-order valence-electron chi connectivity index (χ2n) is 4.93. The lowest BCUT2D eigenvalue weighted by Gasteiger charge is -2.30. The summed E-state index contributed by atoms with van der Waals surface area (Å²) < 4.78 is 31.3. The number of rotatable bonds is 4. The fourth-order valence-corrected chi connectivity index (χ4v) is 2.13. The number of hydrogen-bond acceptors (Lipinski definition) is 3. The summed E-state index contributed by atoms with van der Waals surface area (Å²) in [6.45, 7) is 2.88. The van der Waals surface area contributed by atoms with Gasteiger partial charge in [0.2, 0.25) is 0 Å². The minimum Gasteiger partial charge on any atom is -0.375 e. The molecule has 4 nitrogen and oxygen atoms in total. The third-order valence-electron chi connectivity index (χ3n) is 3.28. The molecule has 0 spiro atoms. The van der Waals surface area contributed by atoms with Crippen LogP contribution in [-0.4, -0.2) is 50.2 Å². The lowest BCUT2D eigenvalue weighted by atomic mass is 10.2. The third kappa shape index (κ3) is 3.98. The van der Waals surface area contributed by atoms with Crippen molar-refractivity contribution in [1.29, 1.82) is 0 Å². The van der Waals surface area contributed by atoms with Crippen molar-refractivity contribution in [2.45, 2.75) is 12.5 Å². The summed E-state index contributed by atoms with van der Waals surface area (Å²) in [6, 6.07) is 3.11. The molecule has 1 aliphatic heterocycles. The fraction of sp³-hybridized carbons (Fsp3) is 0.500. The van der Waals surface area contributed by atoms with E-state index in [0.29, 0.717) is 19.6 Å². The number of nitrogens with one attached hydrogen (secondary N) is 1. The van der Waals surface area contributed by atoms with E-state index in [2.05, 4.69) is 10.2 Å². The van der Waals surface area contributed by atoms with Gasteiger partial charge in [0.05, 0.1) is 12.7 Å². The second kappa shape index (κ2) is 6.76. The molecule has 1 aliphatic rings. The Labute approximate surface area is 116 Å². The van der Waals surface area contributed by atoms with E-state index in [0.717, 1.165) is 25.2 Å². The maximum absolute atomic E-state index is 13.0. The average Bonchev–Trinajstić information content (AvgIpc) is 2.42. The highest BCUT2D eigenvalue weighted by Crippen LogP contribution is 2.09. The monoisotopic (exact) mass is 284 g/mol. The van der Waals surface area contributed by atoms with Crippen LogP contribution < -0.4 is 5.32 Å². The van der Waals surface area contributed by atoms with E-state index < -0.39 is 17.5 Å². The molecule has 1 fully saturated rings. The number of morpholine rings is 1. The van der Waals surface area contributed by atoms with Crippen LogP contribution in [0.3, 0.4) is 0 Å². The third-order valence-corrected chi connectivity index (χ3v) is 3.28. The number of carbonyl (C=O) groups is 1. The van der Waals surface area contributed by atoms with Crippen LogP contribution in [0, 0.1) is 11.6 Å². The Hall–Kier alpha value is -1.53. The molecule has 1 amide bonds. The molecule has 110 valence electrons. The zero-order valence-corrected chi connectivity index (χ0v) is 11.4. The summed E-state index contributed by atoms with van der Waals surface area (Å²) in [5.41, 5.74) is 0.116. The lowest BCUT2D eigenvalue weighted by Crippen LogP contribution is -2.41. The van der Waals surface area contributed by atoms with Crippen LogP contribution in [0.15, 0.2) is 18.2 Å². The van der Waals surface area contributed by atoms with Crippen molar-refractivity contribution >= 4 is 5.91 Å². The maximum atomic E-state index is 13.0. The van der Waals surface area contributed by atoms with Crippen molar-refractivity contribution in [2.75, 3.05) is 33.3 Å². The van der Waals surface area contributed by atoms with Gasteiger partial charge >= 0.3 is 0 Å². The first-order valence-corrected chi connectivity index (χ1v) is 6.59. The Kier molecular flexibility index (Phi) is 5.03. The van der Waals surface area contributed by atoms with Gasteiger partial charge in [0.1, 0.15) is 0 Å². The molecule has 0 aliphatic carbocycles. The van der Waals surface area contributed by atoms with Gasteiger partial charge in [-0.05, 0) is 31.7 Å². The summed E-state index contributed by atoms with van der Waals surface area (Å²) in [4.78, 5) is 13.9. The first-order chi connectivity index (χ1) is 9.56. The van der Waals surface area contributed by atoms with Crippen LogP contribution in [0.1, 0.15) is 16.8 Å². The number of ether oxygens (including phenoxy) is 1. The molecule has 1 saturated heterocycles. The molecule has 0 bridgehead atoms. The SMILES string of the molecule is CN1CCOC(CCNC(=O)c2ccc(F)c(F)c2)C1. The number of carbonyl (C=O) groups excluding carboxylic acids is 1. The number of benzene rings is 1. The van der Waals surface area contributed by atoms with Crippen molar-refractivity contribution in [3.63, 3.8) is 0 Å². The van der Waals surface area contributed by atoms with Crippen LogP contribution >= 0.6 is 0 Å². The van der Waals surface area contributed by atoms with E-state index in [1.807, 2.05) is 7.05 Å². The first kappa shape index (κ1) is 14.9. The summed E-state index contributed by atoms with van der Waals surface area (Å²) >= 11 is 0. The summed E-state index contributed by atoms with van der Waals surface area (Å²) in [7, 11) is 2.02. The van der Waals surface area contributed by atoms with Crippen molar-refractivity contribution in [2.24, 2.45) is 0 Å². The zero-order valence-electron chi connectivity index (χ0n) is 11.4. The number of halogens is 2. The van der Waals surface area contributed by atoms with Crippen molar-refractivity contribution in [1.82, 2.24) is 10.2 Å². The standard InChI is InChI=1S/C14H18F2N2O2/c1-18-6-7-20-11(9-18)4-5-17-14(19)10-2-3-12(15)13(16)8-10/h2-3,8,11H,4-7,9H2,1H3,(H,17,19). The van der Waals surface area contributed by atoms with Crippen molar-refractivity contribution < 1.29 is 18.3 Å². The lowest BCUT2D eigenvalue weighted by molar-refractivity contribution is -0.0226. The molecule has 0 aromatic heterocycles. The van der Waals surface area contributed by atoms with Crippen LogP contribution in [0.4, 0.5) is 8.78 Å². The molecule has 1 unspecified atom stereocenters. The Morgan fingerprint density at radius 1 is 1.45 bits per heavy atom. The Morgan fingerprint density at radius 2 is 2.25 bits per heavy atom. The van der Waals surface area contributed by atoms with E-state index in [9.17, 15) is 13.6 Å². The number of amides is 1. The van der Waals surface area contributed by atoms with Gasteiger partial charge in [0.15, 0.2) is 11.6 Å². The van der Waals surface area contributed by atoms with Crippen LogP contribution in [0.25, 0.3) is 0 Å². The highest BCUT2D eigenvalue weighted by atomic mass is 19.2. The molecule has 1 atom stereocenters. The predicted octanol–water partition coefficient (Wildman–Crippen LogP) is 1.42. The molecule has 0 radical (unpaired) electrons. The molecule has 20 heavy (non-hydrogen) atoms.